The van der Waals surface area contributed by atoms with Gasteiger partial charge in [-0.15, -0.1) is 0 Å². The molecule has 106 valence electrons. The summed E-state index contributed by atoms with van der Waals surface area (Å²) in [5.74, 6) is 0.927. The molecule has 0 amide bonds. The Balaban J connectivity index is 2.48. The second-order valence-corrected chi connectivity index (χ2v) is 5.67. The van der Waals surface area contributed by atoms with Gasteiger partial charge < -0.3 is 10.1 Å². The molecular weight excluding hydrogens is 314 g/mol. The Morgan fingerprint density at radius 1 is 1.20 bits per heavy atom. The molecule has 2 aromatic rings. The largest absolute Gasteiger partial charge is 0.494 e. The van der Waals surface area contributed by atoms with Crippen molar-refractivity contribution >= 4 is 15.9 Å². The third-order valence-electron chi connectivity index (χ3n) is 3.25. The molecule has 1 unspecified atom stereocenters. The molecule has 0 radical (unpaired) electrons. The Morgan fingerprint density at radius 2 is 2.00 bits per heavy atom. The van der Waals surface area contributed by atoms with Gasteiger partial charge in [-0.05, 0) is 44.7 Å². The highest BCUT2D eigenvalue weighted by molar-refractivity contribution is 9.10. The SMILES string of the molecule is CCOc1ccc(Br)cc1C(NC)c1cccc(C)c1. The van der Waals surface area contributed by atoms with E-state index in [2.05, 4.69) is 58.5 Å². The first-order chi connectivity index (χ1) is 9.65. The van der Waals surface area contributed by atoms with Crippen molar-refractivity contribution in [3.05, 3.63) is 63.6 Å². The van der Waals surface area contributed by atoms with Crippen molar-refractivity contribution in [2.75, 3.05) is 13.7 Å². The number of ether oxygens (including phenoxy) is 1. The zero-order chi connectivity index (χ0) is 14.5. The number of nitrogens with one attached hydrogen (secondary N) is 1. The molecule has 20 heavy (non-hydrogen) atoms. The maximum Gasteiger partial charge on any atom is 0.124 e. The Bertz CT molecular complexity index is 583. The number of aryl methyl sites for hydroxylation is 1. The molecule has 1 N–H and O–H groups in total. The van der Waals surface area contributed by atoms with Gasteiger partial charge in [-0.25, -0.2) is 0 Å². The summed E-state index contributed by atoms with van der Waals surface area (Å²) < 4.78 is 6.82. The van der Waals surface area contributed by atoms with Crippen LogP contribution in [0.5, 0.6) is 5.75 Å². The van der Waals surface area contributed by atoms with Crippen LogP contribution in [0.3, 0.4) is 0 Å². The zero-order valence-electron chi connectivity index (χ0n) is 12.1. The Morgan fingerprint density at radius 3 is 2.65 bits per heavy atom. The maximum absolute atomic E-state index is 5.77. The summed E-state index contributed by atoms with van der Waals surface area (Å²) in [5, 5.41) is 3.39. The minimum Gasteiger partial charge on any atom is -0.494 e. The van der Waals surface area contributed by atoms with E-state index in [0.29, 0.717) is 6.61 Å². The Kier molecular flexibility index (Phi) is 5.21. The van der Waals surface area contributed by atoms with Gasteiger partial charge in [0.1, 0.15) is 5.75 Å². The van der Waals surface area contributed by atoms with Crippen LogP contribution in [0.15, 0.2) is 46.9 Å². The molecule has 3 heteroatoms. The molecular formula is C17H20BrNO. The minimum absolute atomic E-state index is 0.119. The molecule has 0 aliphatic carbocycles. The molecule has 2 rings (SSSR count). The second-order valence-electron chi connectivity index (χ2n) is 4.75. The van der Waals surface area contributed by atoms with E-state index >= 15 is 0 Å². The van der Waals surface area contributed by atoms with Crippen molar-refractivity contribution < 1.29 is 4.74 Å². The quantitative estimate of drug-likeness (QED) is 0.871. The molecule has 2 aromatic carbocycles. The van der Waals surface area contributed by atoms with Crippen molar-refractivity contribution in [3.8, 4) is 5.75 Å². The van der Waals surface area contributed by atoms with Gasteiger partial charge in [-0.2, -0.15) is 0 Å². The van der Waals surface area contributed by atoms with Gasteiger partial charge in [0.25, 0.3) is 0 Å². The molecule has 0 bridgehead atoms. The van der Waals surface area contributed by atoms with Gasteiger partial charge in [0.05, 0.1) is 12.6 Å². The van der Waals surface area contributed by atoms with Crippen LogP contribution in [0.4, 0.5) is 0 Å². The predicted molar refractivity (Wildman–Crippen MR) is 87.4 cm³/mol. The van der Waals surface area contributed by atoms with E-state index in [1.54, 1.807) is 0 Å². The number of hydrogen-bond donors (Lipinski definition) is 1. The highest BCUT2D eigenvalue weighted by atomic mass is 79.9. The van der Waals surface area contributed by atoms with Gasteiger partial charge in [0, 0.05) is 10.0 Å². The summed E-state index contributed by atoms with van der Waals surface area (Å²) in [6.07, 6.45) is 0. The smallest absolute Gasteiger partial charge is 0.124 e. The van der Waals surface area contributed by atoms with Crippen LogP contribution in [0.25, 0.3) is 0 Å². The topological polar surface area (TPSA) is 21.3 Å². The molecule has 0 fully saturated rings. The van der Waals surface area contributed by atoms with Crippen molar-refractivity contribution in [2.24, 2.45) is 0 Å². The van der Waals surface area contributed by atoms with Crippen molar-refractivity contribution in [2.45, 2.75) is 19.9 Å². The highest BCUT2D eigenvalue weighted by Crippen LogP contribution is 2.32. The first-order valence-electron chi connectivity index (χ1n) is 6.81. The summed E-state index contributed by atoms with van der Waals surface area (Å²) in [7, 11) is 1.98. The number of rotatable bonds is 5. The van der Waals surface area contributed by atoms with E-state index in [1.807, 2.05) is 26.1 Å². The van der Waals surface area contributed by atoms with Crippen LogP contribution in [-0.2, 0) is 0 Å². The molecule has 0 aromatic heterocycles. The van der Waals surface area contributed by atoms with E-state index in [0.717, 1.165) is 15.8 Å². The molecule has 2 nitrogen and oxygen atoms in total. The Labute approximate surface area is 129 Å². The number of hydrogen-bond acceptors (Lipinski definition) is 2. The average Bonchev–Trinajstić information content (AvgIpc) is 2.43. The summed E-state index contributed by atoms with van der Waals surface area (Å²) in [5.41, 5.74) is 3.65. The lowest BCUT2D eigenvalue weighted by molar-refractivity contribution is 0.334. The third-order valence-corrected chi connectivity index (χ3v) is 3.74. The van der Waals surface area contributed by atoms with E-state index in [-0.39, 0.29) is 6.04 Å². The Hall–Kier alpha value is -1.32. The normalized spacial score (nSPS) is 12.2. The van der Waals surface area contributed by atoms with Crippen LogP contribution in [0.1, 0.15) is 29.7 Å². The first-order valence-corrected chi connectivity index (χ1v) is 7.61. The minimum atomic E-state index is 0.119. The van der Waals surface area contributed by atoms with Crippen molar-refractivity contribution in [3.63, 3.8) is 0 Å². The second kappa shape index (κ2) is 6.91. The number of benzene rings is 2. The lowest BCUT2D eigenvalue weighted by Gasteiger charge is -2.21. The highest BCUT2D eigenvalue weighted by Gasteiger charge is 2.17. The molecule has 0 heterocycles. The fourth-order valence-electron chi connectivity index (χ4n) is 2.38. The number of halogens is 1. The molecule has 0 saturated carbocycles. The maximum atomic E-state index is 5.77. The van der Waals surface area contributed by atoms with Gasteiger partial charge in [-0.1, -0.05) is 45.8 Å². The predicted octanol–water partition coefficient (Wildman–Crippen LogP) is 4.47. The van der Waals surface area contributed by atoms with Crippen molar-refractivity contribution in [1.82, 2.24) is 5.32 Å². The van der Waals surface area contributed by atoms with Crippen LogP contribution >= 0.6 is 15.9 Å². The van der Waals surface area contributed by atoms with Gasteiger partial charge >= 0.3 is 0 Å². The van der Waals surface area contributed by atoms with Crippen LogP contribution in [0.2, 0.25) is 0 Å². The van der Waals surface area contributed by atoms with Crippen LogP contribution in [-0.4, -0.2) is 13.7 Å². The molecule has 0 spiro atoms. The van der Waals surface area contributed by atoms with Gasteiger partial charge in [0.2, 0.25) is 0 Å². The van der Waals surface area contributed by atoms with E-state index < -0.39 is 0 Å². The molecule has 0 aliphatic heterocycles. The lowest BCUT2D eigenvalue weighted by atomic mass is 9.97. The van der Waals surface area contributed by atoms with Gasteiger partial charge in [0.15, 0.2) is 0 Å². The van der Waals surface area contributed by atoms with Crippen molar-refractivity contribution in [1.29, 1.82) is 0 Å². The summed E-state index contributed by atoms with van der Waals surface area (Å²) in [4.78, 5) is 0. The zero-order valence-corrected chi connectivity index (χ0v) is 13.7. The first kappa shape index (κ1) is 15.1. The van der Waals surface area contributed by atoms with Gasteiger partial charge in [-0.3, -0.25) is 0 Å². The van der Waals surface area contributed by atoms with Crippen LogP contribution in [0, 0.1) is 6.92 Å². The molecule has 1 atom stereocenters. The summed E-state index contributed by atoms with van der Waals surface area (Å²) >= 11 is 3.55. The fraction of sp³-hybridized carbons (Fsp3) is 0.294. The average molecular weight is 334 g/mol. The standard InChI is InChI=1S/C17H20BrNO/c1-4-20-16-9-8-14(18)11-15(16)17(19-3)13-7-5-6-12(2)10-13/h5-11,17,19H,4H2,1-3H3. The lowest BCUT2D eigenvalue weighted by Crippen LogP contribution is -2.18. The summed E-state index contributed by atoms with van der Waals surface area (Å²) in [6.45, 7) is 4.78. The van der Waals surface area contributed by atoms with E-state index in [1.165, 1.54) is 11.1 Å². The van der Waals surface area contributed by atoms with E-state index in [4.69, 9.17) is 4.74 Å². The molecule has 0 aliphatic rings. The third kappa shape index (κ3) is 3.41. The monoisotopic (exact) mass is 333 g/mol. The van der Waals surface area contributed by atoms with Crippen LogP contribution < -0.4 is 10.1 Å². The summed E-state index contributed by atoms with van der Waals surface area (Å²) in [6, 6.07) is 14.8. The van der Waals surface area contributed by atoms with E-state index in [9.17, 15) is 0 Å². The fourth-order valence-corrected chi connectivity index (χ4v) is 2.76. The molecule has 0 saturated heterocycles.